The molecule has 3 aliphatic heterocycles. The number of para-hydroxylation sites is 1. The van der Waals surface area contributed by atoms with Crippen LogP contribution in [-0.2, 0) is 16.2 Å². The van der Waals surface area contributed by atoms with Crippen molar-refractivity contribution in [1.29, 1.82) is 0 Å². The summed E-state index contributed by atoms with van der Waals surface area (Å²) in [6.45, 7) is 23.9. The van der Waals surface area contributed by atoms with E-state index in [-0.39, 0.29) is 28.5 Å². The molecule has 4 aliphatic rings. The number of hydrogen-bond donors (Lipinski definition) is 0. The monoisotopic (exact) mass is 955 g/mol. The van der Waals surface area contributed by atoms with Gasteiger partial charge in [-0.25, -0.2) is 0 Å². The normalized spacial score (nSPS) is 19.3. The molecular formula is C66H62BN3OS. The average molecular weight is 956 g/mol. The van der Waals surface area contributed by atoms with Crippen molar-refractivity contribution in [2.45, 2.75) is 117 Å². The molecule has 0 saturated heterocycles. The lowest BCUT2D eigenvalue weighted by Gasteiger charge is -2.51. The maximum atomic E-state index is 6.53. The lowest BCUT2D eigenvalue weighted by Crippen LogP contribution is -2.61. The number of anilines is 8. The van der Waals surface area contributed by atoms with Gasteiger partial charge in [0, 0.05) is 81.9 Å². The van der Waals surface area contributed by atoms with Gasteiger partial charge in [0.2, 0.25) is 0 Å². The van der Waals surface area contributed by atoms with Crippen molar-refractivity contribution in [3.8, 4) is 0 Å². The topological polar surface area (TPSA) is 22.9 Å². The number of aryl methyl sites for hydroxylation is 2. The van der Waals surface area contributed by atoms with E-state index in [1.165, 1.54) is 123 Å². The van der Waals surface area contributed by atoms with Crippen molar-refractivity contribution < 1.29 is 4.42 Å². The molecule has 72 heavy (non-hydrogen) atoms. The molecular weight excluding hydrogens is 894 g/mol. The van der Waals surface area contributed by atoms with Crippen molar-refractivity contribution in [2.24, 2.45) is 0 Å². The summed E-state index contributed by atoms with van der Waals surface area (Å²) in [6, 6.07) is 56.6. The molecule has 2 unspecified atom stereocenters. The Morgan fingerprint density at radius 1 is 0.514 bits per heavy atom. The van der Waals surface area contributed by atoms with Crippen LogP contribution in [0.4, 0.5) is 45.5 Å². The summed E-state index contributed by atoms with van der Waals surface area (Å²) in [5, 5.41) is 4.89. The quantitative estimate of drug-likeness (QED) is 0.165. The van der Waals surface area contributed by atoms with Gasteiger partial charge in [0.1, 0.15) is 11.2 Å². The van der Waals surface area contributed by atoms with Crippen molar-refractivity contribution >= 4 is 122 Å². The molecule has 0 amide bonds. The number of rotatable bonds is 3. The van der Waals surface area contributed by atoms with Crippen LogP contribution in [0.5, 0.6) is 0 Å². The first-order valence-electron chi connectivity index (χ1n) is 26.3. The minimum Gasteiger partial charge on any atom is -0.456 e. The molecule has 1 fully saturated rings. The van der Waals surface area contributed by atoms with E-state index in [2.05, 4.69) is 230 Å². The van der Waals surface area contributed by atoms with E-state index in [1.807, 2.05) is 11.3 Å². The van der Waals surface area contributed by atoms with Gasteiger partial charge in [-0.05, 0) is 168 Å². The molecule has 1 aliphatic carbocycles. The molecule has 6 heteroatoms. The zero-order chi connectivity index (χ0) is 49.4. The first kappa shape index (κ1) is 44.0. The number of fused-ring (bicyclic) bond motifs is 13. The molecule has 0 bridgehead atoms. The first-order valence-corrected chi connectivity index (χ1v) is 27.1. The molecule has 356 valence electrons. The lowest BCUT2D eigenvalue weighted by molar-refractivity contribution is 0.194. The summed E-state index contributed by atoms with van der Waals surface area (Å²) in [7, 11) is 0. The third-order valence-electron chi connectivity index (χ3n) is 17.8. The highest BCUT2D eigenvalue weighted by molar-refractivity contribution is 7.25. The summed E-state index contributed by atoms with van der Waals surface area (Å²) in [5.74, 6) is 0. The maximum absolute atomic E-state index is 6.53. The van der Waals surface area contributed by atoms with Crippen molar-refractivity contribution in [3.63, 3.8) is 0 Å². The Morgan fingerprint density at radius 2 is 1.10 bits per heavy atom. The van der Waals surface area contributed by atoms with E-state index in [9.17, 15) is 0 Å². The summed E-state index contributed by atoms with van der Waals surface area (Å²) in [4.78, 5) is 8.12. The van der Waals surface area contributed by atoms with Gasteiger partial charge in [-0.15, -0.1) is 11.3 Å². The zero-order valence-electron chi connectivity index (χ0n) is 43.4. The Labute approximate surface area is 429 Å². The predicted octanol–water partition coefficient (Wildman–Crippen LogP) is 17.0. The molecule has 2 atom stereocenters. The highest BCUT2D eigenvalue weighted by atomic mass is 32.1. The predicted molar refractivity (Wildman–Crippen MR) is 310 cm³/mol. The Bertz CT molecular complexity index is 3750. The molecule has 4 nitrogen and oxygen atoms in total. The largest absolute Gasteiger partial charge is 0.456 e. The van der Waals surface area contributed by atoms with Gasteiger partial charge in [0.15, 0.2) is 0 Å². The maximum Gasteiger partial charge on any atom is 0.252 e. The smallest absolute Gasteiger partial charge is 0.252 e. The van der Waals surface area contributed by atoms with Gasteiger partial charge in [-0.1, -0.05) is 128 Å². The van der Waals surface area contributed by atoms with Crippen LogP contribution < -0.4 is 31.1 Å². The fourth-order valence-corrected chi connectivity index (χ4v) is 15.2. The van der Waals surface area contributed by atoms with Crippen LogP contribution in [0, 0.1) is 13.8 Å². The Hall–Kier alpha value is -6.76. The highest BCUT2D eigenvalue weighted by Gasteiger charge is 2.59. The van der Waals surface area contributed by atoms with E-state index < -0.39 is 0 Å². The molecule has 2 aromatic heterocycles. The van der Waals surface area contributed by atoms with Crippen LogP contribution in [0.2, 0.25) is 0 Å². The fourth-order valence-electron chi connectivity index (χ4n) is 14.1. The van der Waals surface area contributed by atoms with Crippen LogP contribution >= 0.6 is 11.3 Å². The number of benzene rings is 8. The van der Waals surface area contributed by atoms with Crippen LogP contribution in [-0.4, -0.2) is 12.3 Å². The number of nitrogens with zero attached hydrogens (tertiary/aromatic N) is 3. The Balaban J connectivity index is 1.13. The van der Waals surface area contributed by atoms with E-state index in [4.69, 9.17) is 4.42 Å². The van der Waals surface area contributed by atoms with Crippen molar-refractivity contribution in [3.05, 3.63) is 173 Å². The van der Waals surface area contributed by atoms with Gasteiger partial charge < -0.3 is 19.1 Å². The van der Waals surface area contributed by atoms with E-state index >= 15 is 0 Å². The molecule has 1 saturated carbocycles. The van der Waals surface area contributed by atoms with Crippen LogP contribution in [0.15, 0.2) is 150 Å². The number of thiophene rings is 1. The third-order valence-corrected chi connectivity index (χ3v) is 19.0. The standard InChI is InChI=1S/C66H62BN3OS/c1-39-31-40(2)61-54(32-39)70(66(10)30-16-15-29-65(61,66)9)45-37-55-62-56(38-45)69(44-24-28-60-49(36-44)47-18-12-14-20-59(47)72-60)53-34-42(64(6,7)8)22-26-51(53)67(62)50-25-21-41(63(3,4)5)33-52(50)68(55)43-23-27-58-48(35-43)46-17-11-13-19-57(46)71-58/h11-14,17-28,31-38H,15-16,29-30H2,1-10H3. The summed E-state index contributed by atoms with van der Waals surface area (Å²) in [5.41, 5.74) is 22.4. The minimum absolute atomic E-state index is 0.0142. The van der Waals surface area contributed by atoms with Crippen LogP contribution in [0.3, 0.4) is 0 Å². The molecule has 5 heterocycles. The molecule has 0 radical (unpaired) electrons. The Kier molecular flexibility index (Phi) is 9.11. The third kappa shape index (κ3) is 6.05. The van der Waals surface area contributed by atoms with E-state index in [0.29, 0.717) is 0 Å². The molecule has 0 spiro atoms. The Morgan fingerprint density at radius 3 is 1.78 bits per heavy atom. The van der Waals surface area contributed by atoms with E-state index in [1.54, 1.807) is 0 Å². The first-order chi connectivity index (χ1) is 34.5. The second-order valence-corrected chi connectivity index (χ2v) is 25.3. The van der Waals surface area contributed by atoms with Gasteiger partial charge in [-0.3, -0.25) is 0 Å². The minimum atomic E-state index is -0.150. The molecule has 0 N–H and O–H groups in total. The van der Waals surface area contributed by atoms with Gasteiger partial charge in [0.25, 0.3) is 6.71 Å². The van der Waals surface area contributed by atoms with E-state index in [0.717, 1.165) is 34.0 Å². The van der Waals surface area contributed by atoms with Gasteiger partial charge in [-0.2, -0.15) is 0 Å². The second-order valence-electron chi connectivity index (χ2n) is 24.2. The van der Waals surface area contributed by atoms with Crippen molar-refractivity contribution in [2.75, 3.05) is 14.7 Å². The average Bonchev–Trinajstić information content (AvgIpc) is 3.98. The number of furan rings is 1. The second kappa shape index (κ2) is 14.9. The van der Waals surface area contributed by atoms with Crippen LogP contribution in [0.25, 0.3) is 42.1 Å². The highest BCUT2D eigenvalue weighted by Crippen LogP contribution is 2.63. The van der Waals surface area contributed by atoms with Crippen molar-refractivity contribution in [1.82, 2.24) is 0 Å². The van der Waals surface area contributed by atoms with Gasteiger partial charge in [0.05, 0.1) is 5.54 Å². The van der Waals surface area contributed by atoms with Crippen LogP contribution in [0.1, 0.15) is 109 Å². The summed E-state index contributed by atoms with van der Waals surface area (Å²) >= 11 is 1.89. The SMILES string of the molecule is Cc1cc(C)c2c(c1)N(c1cc3c4c(c1)N(c1ccc5sc6ccccc6c5c1)c1cc(C(C)(C)C)ccc1B4c1ccc(C(C)(C)C)cc1N3c1ccc3oc4ccccc4c3c1)C1(C)CCCCC21C. The van der Waals surface area contributed by atoms with Gasteiger partial charge >= 0.3 is 0 Å². The summed E-state index contributed by atoms with van der Waals surface area (Å²) in [6.07, 6.45) is 4.76. The lowest BCUT2D eigenvalue weighted by atomic mass is 9.33. The number of hydrogen-bond acceptors (Lipinski definition) is 5. The zero-order valence-corrected chi connectivity index (χ0v) is 44.2. The molecule has 14 rings (SSSR count). The molecule has 10 aromatic rings. The summed E-state index contributed by atoms with van der Waals surface area (Å²) < 4.78 is 9.16. The fraction of sp³-hybridized carbons (Fsp3) is 0.273. The molecule has 8 aromatic carbocycles.